The number of carbonyl (C=O) groups is 1. The highest BCUT2D eigenvalue weighted by molar-refractivity contribution is 5.88. The fourth-order valence-corrected chi connectivity index (χ4v) is 1.06. The molecular weight excluding hydrogens is 180 g/mol. The Labute approximate surface area is 84.1 Å². The maximum absolute atomic E-state index is 11.4. The molecule has 1 amide bonds. The summed E-state index contributed by atoms with van der Waals surface area (Å²) in [6.45, 7) is 4.29. The normalized spacial score (nSPS) is 18.9. The Bertz CT molecular complexity index is 235. The van der Waals surface area contributed by atoms with Crippen molar-refractivity contribution in [2.24, 2.45) is 10.7 Å². The largest absolute Gasteiger partial charge is 0.370 e. The van der Waals surface area contributed by atoms with Crippen molar-refractivity contribution in [1.82, 2.24) is 10.6 Å². The van der Waals surface area contributed by atoms with Crippen LogP contribution >= 0.6 is 0 Å². The molecule has 0 spiro atoms. The molecule has 0 aliphatic heterocycles. The molecule has 5 nitrogen and oxygen atoms in total. The second kappa shape index (κ2) is 4.83. The van der Waals surface area contributed by atoms with E-state index in [0.29, 0.717) is 18.5 Å². The molecule has 0 heterocycles. The number of hydrogen-bond donors (Lipinski definition) is 3. The van der Waals surface area contributed by atoms with Gasteiger partial charge in [-0.3, -0.25) is 9.79 Å². The third-order valence-corrected chi connectivity index (χ3v) is 2.01. The number of nitrogens with two attached hydrogens (primary N) is 1. The molecule has 80 valence electrons. The second-order valence-corrected chi connectivity index (χ2v) is 3.51. The number of amides is 1. The molecule has 0 bridgehead atoms. The van der Waals surface area contributed by atoms with Crippen LogP contribution < -0.4 is 16.4 Å². The van der Waals surface area contributed by atoms with Gasteiger partial charge >= 0.3 is 0 Å². The summed E-state index contributed by atoms with van der Waals surface area (Å²) < 4.78 is 0. The van der Waals surface area contributed by atoms with Crippen molar-refractivity contribution in [2.45, 2.75) is 38.8 Å². The summed E-state index contributed by atoms with van der Waals surface area (Å²) >= 11 is 0. The summed E-state index contributed by atoms with van der Waals surface area (Å²) in [7, 11) is 0. The molecule has 4 N–H and O–H groups in total. The predicted molar refractivity (Wildman–Crippen MR) is 55.9 cm³/mol. The SMILES string of the molecule is CCN=C(N)NC(C)C(=O)NC1CC1. The third kappa shape index (κ3) is 3.64. The average molecular weight is 198 g/mol. The Hall–Kier alpha value is -1.26. The Morgan fingerprint density at radius 1 is 1.64 bits per heavy atom. The minimum Gasteiger partial charge on any atom is -0.370 e. The Balaban J connectivity index is 2.28. The molecule has 1 aliphatic rings. The van der Waals surface area contributed by atoms with E-state index in [-0.39, 0.29) is 11.9 Å². The summed E-state index contributed by atoms with van der Waals surface area (Å²) in [6, 6.07) is 0.0713. The highest BCUT2D eigenvalue weighted by Crippen LogP contribution is 2.18. The number of rotatable bonds is 4. The van der Waals surface area contributed by atoms with Crippen molar-refractivity contribution in [2.75, 3.05) is 6.54 Å². The smallest absolute Gasteiger partial charge is 0.242 e. The first-order valence-corrected chi connectivity index (χ1v) is 5.00. The molecule has 5 heteroatoms. The quantitative estimate of drug-likeness (QED) is 0.424. The van der Waals surface area contributed by atoms with Crippen LogP contribution in [0.2, 0.25) is 0 Å². The Kier molecular flexibility index (Phi) is 3.73. The van der Waals surface area contributed by atoms with Crippen LogP contribution in [0.15, 0.2) is 4.99 Å². The van der Waals surface area contributed by atoms with Gasteiger partial charge in [-0.05, 0) is 26.7 Å². The van der Waals surface area contributed by atoms with Crippen LogP contribution in [0.1, 0.15) is 26.7 Å². The maximum Gasteiger partial charge on any atom is 0.242 e. The molecule has 1 atom stereocenters. The van der Waals surface area contributed by atoms with Crippen LogP contribution in [0.25, 0.3) is 0 Å². The summed E-state index contributed by atoms with van der Waals surface area (Å²) in [5.41, 5.74) is 5.53. The van der Waals surface area contributed by atoms with E-state index in [9.17, 15) is 4.79 Å². The van der Waals surface area contributed by atoms with Gasteiger partial charge in [0, 0.05) is 12.6 Å². The van der Waals surface area contributed by atoms with E-state index in [0.717, 1.165) is 12.8 Å². The summed E-state index contributed by atoms with van der Waals surface area (Å²) in [5.74, 6) is 0.313. The van der Waals surface area contributed by atoms with E-state index < -0.39 is 0 Å². The van der Waals surface area contributed by atoms with Gasteiger partial charge in [0.05, 0.1) is 0 Å². The van der Waals surface area contributed by atoms with Crippen molar-refractivity contribution in [3.05, 3.63) is 0 Å². The van der Waals surface area contributed by atoms with Crippen molar-refractivity contribution >= 4 is 11.9 Å². The molecule has 1 rings (SSSR count). The zero-order chi connectivity index (χ0) is 10.6. The molecule has 1 fully saturated rings. The van der Waals surface area contributed by atoms with E-state index in [4.69, 9.17) is 5.73 Å². The molecule has 0 aromatic carbocycles. The lowest BCUT2D eigenvalue weighted by atomic mass is 10.3. The number of nitrogens with zero attached hydrogens (tertiary/aromatic N) is 1. The van der Waals surface area contributed by atoms with Gasteiger partial charge in [-0.15, -0.1) is 0 Å². The molecule has 0 saturated heterocycles. The highest BCUT2D eigenvalue weighted by Gasteiger charge is 2.25. The van der Waals surface area contributed by atoms with E-state index >= 15 is 0 Å². The highest BCUT2D eigenvalue weighted by atomic mass is 16.2. The molecule has 14 heavy (non-hydrogen) atoms. The van der Waals surface area contributed by atoms with Crippen LogP contribution in [0.5, 0.6) is 0 Å². The Morgan fingerprint density at radius 2 is 2.29 bits per heavy atom. The summed E-state index contributed by atoms with van der Waals surface area (Å²) in [4.78, 5) is 15.4. The second-order valence-electron chi connectivity index (χ2n) is 3.51. The van der Waals surface area contributed by atoms with Crippen LogP contribution in [-0.4, -0.2) is 30.5 Å². The minimum atomic E-state index is -0.314. The van der Waals surface area contributed by atoms with Crippen LogP contribution in [0, 0.1) is 0 Å². The zero-order valence-electron chi connectivity index (χ0n) is 8.71. The van der Waals surface area contributed by atoms with Gasteiger partial charge in [-0.2, -0.15) is 0 Å². The molecule has 0 aromatic rings. The van der Waals surface area contributed by atoms with Gasteiger partial charge < -0.3 is 16.4 Å². The Morgan fingerprint density at radius 3 is 2.79 bits per heavy atom. The van der Waals surface area contributed by atoms with Gasteiger partial charge in [0.2, 0.25) is 5.91 Å². The summed E-state index contributed by atoms with van der Waals surface area (Å²) in [6.07, 6.45) is 2.19. The van der Waals surface area contributed by atoms with Crippen LogP contribution in [0.4, 0.5) is 0 Å². The molecule has 0 aromatic heterocycles. The molecular formula is C9H18N4O. The standard InChI is InChI=1S/C9H18N4O/c1-3-11-9(10)12-6(2)8(14)13-7-4-5-7/h6-7H,3-5H2,1-2H3,(H,13,14)(H3,10,11,12). The molecule has 1 unspecified atom stereocenters. The number of carbonyl (C=O) groups excluding carboxylic acids is 1. The molecule has 1 saturated carbocycles. The monoisotopic (exact) mass is 198 g/mol. The number of guanidine groups is 1. The third-order valence-electron chi connectivity index (χ3n) is 2.01. The van der Waals surface area contributed by atoms with Gasteiger partial charge in [0.15, 0.2) is 5.96 Å². The lowest BCUT2D eigenvalue weighted by Gasteiger charge is -2.13. The number of hydrogen-bond acceptors (Lipinski definition) is 2. The number of aliphatic imine (C=N–C) groups is 1. The summed E-state index contributed by atoms with van der Waals surface area (Å²) in [5, 5.41) is 5.72. The van der Waals surface area contributed by atoms with Crippen molar-refractivity contribution < 1.29 is 4.79 Å². The van der Waals surface area contributed by atoms with E-state index in [1.54, 1.807) is 6.92 Å². The van der Waals surface area contributed by atoms with E-state index in [1.165, 1.54) is 0 Å². The van der Waals surface area contributed by atoms with Crippen molar-refractivity contribution in [3.8, 4) is 0 Å². The fraction of sp³-hybridized carbons (Fsp3) is 0.778. The molecule has 1 aliphatic carbocycles. The first kappa shape index (κ1) is 10.8. The lowest BCUT2D eigenvalue weighted by Crippen LogP contribution is -2.48. The first-order chi connectivity index (χ1) is 6.63. The van der Waals surface area contributed by atoms with Crippen molar-refractivity contribution in [3.63, 3.8) is 0 Å². The maximum atomic E-state index is 11.4. The lowest BCUT2D eigenvalue weighted by molar-refractivity contribution is -0.122. The minimum absolute atomic E-state index is 0.0123. The van der Waals surface area contributed by atoms with E-state index in [1.807, 2.05) is 6.92 Å². The zero-order valence-corrected chi connectivity index (χ0v) is 8.71. The predicted octanol–water partition coefficient (Wildman–Crippen LogP) is -0.422. The van der Waals surface area contributed by atoms with Gasteiger partial charge in [-0.25, -0.2) is 0 Å². The first-order valence-electron chi connectivity index (χ1n) is 5.00. The van der Waals surface area contributed by atoms with Crippen LogP contribution in [0.3, 0.4) is 0 Å². The van der Waals surface area contributed by atoms with Crippen LogP contribution in [-0.2, 0) is 4.79 Å². The van der Waals surface area contributed by atoms with Gasteiger partial charge in [0.25, 0.3) is 0 Å². The molecule has 0 radical (unpaired) electrons. The topological polar surface area (TPSA) is 79.5 Å². The van der Waals surface area contributed by atoms with Gasteiger partial charge in [0.1, 0.15) is 6.04 Å². The van der Waals surface area contributed by atoms with E-state index in [2.05, 4.69) is 15.6 Å². The number of nitrogens with one attached hydrogen (secondary N) is 2. The fourth-order valence-electron chi connectivity index (χ4n) is 1.06. The van der Waals surface area contributed by atoms with Gasteiger partial charge in [-0.1, -0.05) is 0 Å². The average Bonchev–Trinajstić information content (AvgIpc) is 2.88. The van der Waals surface area contributed by atoms with Crippen molar-refractivity contribution in [1.29, 1.82) is 0 Å².